The molecule has 0 unspecified atom stereocenters. The van der Waals surface area contributed by atoms with Crippen LogP contribution in [0.3, 0.4) is 0 Å². The number of carboxylic acid groups (broad SMARTS) is 1. The molecule has 0 aliphatic heterocycles. The minimum Gasteiger partial charge on any atom is -0.478 e. The van der Waals surface area contributed by atoms with Gasteiger partial charge in [0.2, 0.25) is 23.8 Å². The lowest BCUT2D eigenvalue weighted by Gasteiger charge is -2.28. The monoisotopic (exact) mass is 645 g/mol. The average Bonchev–Trinajstić information content (AvgIpc) is 3.58. The number of rotatable bonds is 16. The molecule has 2 aromatic carbocycles. The molecule has 1 aliphatic carbocycles. The summed E-state index contributed by atoms with van der Waals surface area (Å²) in [7, 11) is 0. The number of aromatic carboxylic acids is 1. The molecular weight excluding hydrogens is 607 g/mol. The largest absolute Gasteiger partial charge is 0.478 e. The van der Waals surface area contributed by atoms with Gasteiger partial charge in [-0.15, -0.1) is 11.3 Å². The number of hydrogen-bond acceptors (Lipinski definition) is 10. The van der Waals surface area contributed by atoms with E-state index < -0.39 is 5.97 Å². The van der Waals surface area contributed by atoms with Crippen LogP contribution in [0.4, 0.5) is 17.8 Å². The van der Waals surface area contributed by atoms with Gasteiger partial charge in [-0.05, 0) is 66.8 Å². The number of anilines is 3. The molecule has 10 nitrogen and oxygen atoms in total. The fraction of sp³-hybridized carbons (Fsp3) is 0.364. The lowest BCUT2D eigenvalue weighted by atomic mass is 9.85. The molecule has 0 saturated heterocycles. The second kappa shape index (κ2) is 16.8. The van der Waals surface area contributed by atoms with E-state index in [1.165, 1.54) is 10.4 Å². The van der Waals surface area contributed by atoms with Gasteiger partial charge in [0.15, 0.2) is 0 Å². The van der Waals surface area contributed by atoms with Crippen molar-refractivity contribution in [3.05, 3.63) is 93.7 Å². The molecule has 1 amide bonds. The highest BCUT2D eigenvalue weighted by molar-refractivity contribution is 7.98. The third-order valence-corrected chi connectivity index (χ3v) is 9.58. The summed E-state index contributed by atoms with van der Waals surface area (Å²) in [5, 5.41) is 24.4. The molecule has 2 heterocycles. The van der Waals surface area contributed by atoms with E-state index in [0.717, 1.165) is 62.3 Å². The minimum atomic E-state index is -0.962. The first-order valence-electron chi connectivity index (χ1n) is 15.3. The van der Waals surface area contributed by atoms with Crippen LogP contribution < -0.4 is 21.3 Å². The van der Waals surface area contributed by atoms with Crippen LogP contribution in [0, 0.1) is 5.92 Å². The summed E-state index contributed by atoms with van der Waals surface area (Å²) in [4.78, 5) is 39.2. The Hall–Kier alpha value is -4.16. The smallest absolute Gasteiger partial charge is 0.335 e. The highest BCUT2D eigenvalue weighted by Crippen LogP contribution is 2.27. The van der Waals surface area contributed by atoms with Crippen LogP contribution in [0.2, 0.25) is 0 Å². The van der Waals surface area contributed by atoms with Crippen molar-refractivity contribution in [3.8, 4) is 0 Å². The molecule has 0 atom stereocenters. The number of carboxylic acids is 1. The molecule has 12 heteroatoms. The number of carbonyl (C=O) groups excluding carboxylic acids is 1. The Labute approximate surface area is 271 Å². The fourth-order valence-electron chi connectivity index (χ4n) is 5.13. The Kier molecular flexibility index (Phi) is 12.0. The van der Waals surface area contributed by atoms with Crippen LogP contribution in [0.5, 0.6) is 0 Å². The Bertz CT molecular complexity index is 1500. The van der Waals surface area contributed by atoms with Crippen molar-refractivity contribution in [3.63, 3.8) is 0 Å². The number of aromatic nitrogens is 3. The van der Waals surface area contributed by atoms with Gasteiger partial charge in [-0.25, -0.2) is 4.79 Å². The maximum Gasteiger partial charge on any atom is 0.335 e. The van der Waals surface area contributed by atoms with Crippen LogP contribution in [-0.2, 0) is 23.5 Å². The van der Waals surface area contributed by atoms with Gasteiger partial charge in [0.05, 0.1) is 5.56 Å². The van der Waals surface area contributed by atoms with Gasteiger partial charge in [0.25, 0.3) is 0 Å². The van der Waals surface area contributed by atoms with Crippen molar-refractivity contribution < 1.29 is 14.7 Å². The van der Waals surface area contributed by atoms with Gasteiger partial charge in [-0.1, -0.05) is 48.5 Å². The van der Waals surface area contributed by atoms with Crippen LogP contribution >= 0.6 is 23.1 Å². The van der Waals surface area contributed by atoms with Crippen LogP contribution in [0.25, 0.3) is 0 Å². The normalized spacial score (nSPS) is 16.1. The Morgan fingerprint density at radius 1 is 0.822 bits per heavy atom. The number of carbonyl (C=O) groups is 2. The number of hydrogen-bond donors (Lipinski definition) is 5. The van der Waals surface area contributed by atoms with Gasteiger partial charge in [0.1, 0.15) is 0 Å². The minimum absolute atomic E-state index is 0.0322. The molecule has 1 fully saturated rings. The third-order valence-electron chi connectivity index (χ3n) is 7.61. The number of thioether (sulfide) groups is 1. The molecule has 1 saturated carbocycles. The second-order valence-corrected chi connectivity index (χ2v) is 13.1. The van der Waals surface area contributed by atoms with E-state index in [9.17, 15) is 9.59 Å². The average molecular weight is 646 g/mol. The quantitative estimate of drug-likeness (QED) is 0.0933. The van der Waals surface area contributed by atoms with E-state index in [0.29, 0.717) is 24.4 Å². The summed E-state index contributed by atoms with van der Waals surface area (Å²) in [6.07, 6.45) is 4.09. The number of nitrogens with one attached hydrogen (secondary N) is 4. The van der Waals surface area contributed by atoms with Gasteiger partial charge >= 0.3 is 5.97 Å². The predicted octanol–water partition coefficient (Wildman–Crippen LogP) is 5.92. The zero-order chi connectivity index (χ0) is 31.3. The van der Waals surface area contributed by atoms with E-state index in [-0.39, 0.29) is 23.4 Å². The van der Waals surface area contributed by atoms with Crippen LogP contribution in [0.15, 0.2) is 72.1 Å². The molecular formula is C33H39N7O3S2. The highest BCUT2D eigenvalue weighted by Gasteiger charge is 2.27. The van der Waals surface area contributed by atoms with Crippen molar-refractivity contribution in [2.45, 2.75) is 50.4 Å². The zero-order valence-electron chi connectivity index (χ0n) is 25.1. The highest BCUT2D eigenvalue weighted by atomic mass is 32.2. The maximum absolute atomic E-state index is 12.8. The topological polar surface area (TPSA) is 141 Å². The van der Waals surface area contributed by atoms with E-state index >= 15 is 0 Å². The van der Waals surface area contributed by atoms with Gasteiger partial charge in [0, 0.05) is 48.0 Å². The molecule has 2 aromatic heterocycles. The molecule has 45 heavy (non-hydrogen) atoms. The van der Waals surface area contributed by atoms with Crippen LogP contribution in [-0.4, -0.2) is 56.8 Å². The summed E-state index contributed by atoms with van der Waals surface area (Å²) < 4.78 is 0. The molecule has 5 rings (SSSR count). The SMILES string of the molecule is O=C(O)c1ccc(CNC(=O)C2CCC(Nc3nc(NCCSCc4ccccc4)nc(NCCc4cccs4)n3)CC2)cc1. The molecule has 5 N–H and O–H groups in total. The van der Waals surface area contributed by atoms with Crippen molar-refractivity contribution in [2.75, 3.05) is 34.8 Å². The van der Waals surface area contributed by atoms with Crippen molar-refractivity contribution in [1.82, 2.24) is 20.3 Å². The van der Waals surface area contributed by atoms with Gasteiger partial charge in [-0.3, -0.25) is 4.79 Å². The summed E-state index contributed by atoms with van der Waals surface area (Å²) in [6, 6.07) is 21.4. The number of benzene rings is 2. The standard InChI is InChI=1S/C33H39N7O3S2/c41-29(36-21-23-8-10-26(11-9-23)30(42)43)25-12-14-27(15-13-25)37-33-39-31(34-17-16-28-7-4-19-45-28)38-32(40-33)35-18-20-44-22-24-5-2-1-3-6-24/h1-11,19,25,27H,12-18,20-22H2,(H,36,41)(H,42,43)(H3,34,35,37,38,39,40). The molecule has 1 aliphatic rings. The van der Waals surface area contributed by atoms with Gasteiger partial charge < -0.3 is 26.4 Å². The maximum atomic E-state index is 12.8. The molecule has 0 spiro atoms. The van der Waals surface area contributed by atoms with E-state index in [4.69, 9.17) is 5.11 Å². The predicted molar refractivity (Wildman–Crippen MR) is 182 cm³/mol. The summed E-state index contributed by atoms with van der Waals surface area (Å²) in [5.41, 5.74) is 2.42. The first kappa shape index (κ1) is 32.2. The number of amides is 1. The summed E-state index contributed by atoms with van der Waals surface area (Å²) in [6.45, 7) is 1.84. The molecule has 236 valence electrons. The molecule has 4 aromatic rings. The second-order valence-electron chi connectivity index (χ2n) is 10.9. The Morgan fingerprint density at radius 3 is 2.22 bits per heavy atom. The zero-order valence-corrected chi connectivity index (χ0v) is 26.7. The van der Waals surface area contributed by atoms with E-state index in [2.05, 4.69) is 78.0 Å². The molecule has 0 bridgehead atoms. The Morgan fingerprint density at radius 2 is 1.53 bits per heavy atom. The lowest BCUT2D eigenvalue weighted by molar-refractivity contribution is -0.126. The van der Waals surface area contributed by atoms with Crippen molar-refractivity contribution >= 4 is 52.8 Å². The lowest BCUT2D eigenvalue weighted by Crippen LogP contribution is -2.36. The summed E-state index contributed by atoms with van der Waals surface area (Å²) >= 11 is 3.60. The van der Waals surface area contributed by atoms with E-state index in [1.807, 2.05) is 17.8 Å². The number of thiophene rings is 1. The van der Waals surface area contributed by atoms with E-state index in [1.54, 1.807) is 35.6 Å². The number of nitrogens with zero attached hydrogens (tertiary/aromatic N) is 3. The van der Waals surface area contributed by atoms with Crippen molar-refractivity contribution in [1.29, 1.82) is 0 Å². The first-order valence-corrected chi connectivity index (χ1v) is 17.3. The first-order chi connectivity index (χ1) is 22.0. The Balaban J connectivity index is 1.11. The van der Waals surface area contributed by atoms with Crippen LogP contribution in [0.1, 0.15) is 52.0 Å². The van der Waals surface area contributed by atoms with Crippen molar-refractivity contribution in [2.24, 2.45) is 5.92 Å². The fourth-order valence-corrected chi connectivity index (χ4v) is 6.66. The third kappa shape index (κ3) is 10.5. The van der Waals surface area contributed by atoms with Gasteiger partial charge in [-0.2, -0.15) is 26.7 Å². The molecule has 0 radical (unpaired) electrons. The summed E-state index contributed by atoms with van der Waals surface area (Å²) in [5.74, 6) is 2.50.